The van der Waals surface area contributed by atoms with E-state index in [1.165, 1.54) is 0 Å². The van der Waals surface area contributed by atoms with Crippen molar-refractivity contribution in [1.82, 2.24) is 20.0 Å². The highest BCUT2D eigenvalue weighted by Crippen LogP contribution is 2.12. The van der Waals surface area contributed by atoms with Gasteiger partial charge in [0.25, 0.3) is 0 Å². The maximum atomic E-state index is 11.7. The van der Waals surface area contributed by atoms with Crippen LogP contribution in [0.15, 0.2) is 11.2 Å². The molecule has 1 aromatic rings. The molecule has 0 unspecified atom stereocenters. The number of nitrogens with two attached hydrogens (primary N) is 1. The van der Waals surface area contributed by atoms with Crippen molar-refractivity contribution < 1.29 is 9.53 Å². The molecule has 0 atom stereocenters. The van der Waals surface area contributed by atoms with E-state index < -0.39 is 0 Å². The highest BCUT2D eigenvalue weighted by atomic mass is 127. The number of halogens is 1. The molecule has 1 saturated heterocycles. The van der Waals surface area contributed by atoms with Gasteiger partial charge in [-0.05, 0) is 26.2 Å². The normalized spacial score (nSPS) is 15.6. The minimum atomic E-state index is -0.235. The maximum absolute atomic E-state index is 11.7. The number of nitrogens with one attached hydrogen (secondary N) is 1. The first-order chi connectivity index (χ1) is 11.5. The Balaban J connectivity index is 0.00000312. The van der Waals surface area contributed by atoms with Crippen LogP contribution in [0.3, 0.4) is 0 Å². The number of likely N-dealkylation sites (tertiary alicyclic amines) is 1. The highest BCUT2D eigenvalue weighted by molar-refractivity contribution is 14.0. The van der Waals surface area contributed by atoms with Gasteiger partial charge in [0.1, 0.15) is 0 Å². The van der Waals surface area contributed by atoms with E-state index in [0.29, 0.717) is 32.2 Å². The molecule has 142 valence electrons. The Kier molecular flexibility index (Phi) is 9.01. The number of aliphatic imine (C=N–C) groups is 1. The Morgan fingerprint density at radius 3 is 2.72 bits per heavy atom. The predicted octanol–water partition coefficient (Wildman–Crippen LogP) is 1.63. The van der Waals surface area contributed by atoms with Crippen LogP contribution in [0.25, 0.3) is 0 Å². The molecule has 1 fully saturated rings. The van der Waals surface area contributed by atoms with Gasteiger partial charge in [0.2, 0.25) is 0 Å². The van der Waals surface area contributed by atoms with E-state index in [4.69, 9.17) is 10.5 Å². The largest absolute Gasteiger partial charge is 0.450 e. The zero-order chi connectivity index (χ0) is 17.5. The number of rotatable bonds is 5. The lowest BCUT2D eigenvalue weighted by Gasteiger charge is -2.31. The molecule has 0 aromatic carbocycles. The molecule has 2 heterocycles. The van der Waals surface area contributed by atoms with Crippen molar-refractivity contribution in [2.24, 2.45) is 17.8 Å². The summed E-state index contributed by atoms with van der Waals surface area (Å²) < 4.78 is 6.82. The molecule has 1 amide bonds. The van der Waals surface area contributed by atoms with E-state index in [0.717, 1.165) is 30.5 Å². The van der Waals surface area contributed by atoms with Gasteiger partial charge in [-0.15, -0.1) is 24.0 Å². The van der Waals surface area contributed by atoms with Gasteiger partial charge in [0.05, 0.1) is 18.8 Å². The molecule has 9 heteroatoms. The van der Waals surface area contributed by atoms with Crippen LogP contribution < -0.4 is 11.1 Å². The van der Waals surface area contributed by atoms with Gasteiger partial charge in [-0.25, -0.2) is 9.79 Å². The third kappa shape index (κ3) is 6.37. The molecular formula is C16H29IN6O2. The number of aryl methyl sites for hydroxylation is 2. The summed E-state index contributed by atoms with van der Waals surface area (Å²) in [6.45, 7) is 6.17. The highest BCUT2D eigenvalue weighted by Gasteiger charge is 2.23. The van der Waals surface area contributed by atoms with Crippen molar-refractivity contribution in [3.05, 3.63) is 17.5 Å². The van der Waals surface area contributed by atoms with Gasteiger partial charge in [-0.2, -0.15) is 5.10 Å². The lowest BCUT2D eigenvalue weighted by atomic mass is 10.1. The third-order valence-electron chi connectivity index (χ3n) is 4.12. The van der Waals surface area contributed by atoms with Crippen molar-refractivity contribution >= 4 is 36.0 Å². The number of guanidine groups is 1. The average molecular weight is 464 g/mol. The zero-order valence-electron chi connectivity index (χ0n) is 15.2. The third-order valence-corrected chi connectivity index (χ3v) is 4.12. The fraction of sp³-hybridized carbons (Fsp3) is 0.688. The number of amides is 1. The van der Waals surface area contributed by atoms with E-state index in [9.17, 15) is 4.79 Å². The van der Waals surface area contributed by atoms with Crippen LogP contribution in [0.4, 0.5) is 4.79 Å². The first kappa shape index (κ1) is 21.5. The second kappa shape index (κ2) is 10.5. The number of carbonyl (C=O) groups is 1. The SMILES string of the molecule is CCOC(=O)N1CCC(NC(N)=NCc2cn(C)nc2CC)CC1.I. The number of aromatic nitrogens is 2. The van der Waals surface area contributed by atoms with Crippen LogP contribution in [0.1, 0.15) is 37.9 Å². The van der Waals surface area contributed by atoms with Gasteiger partial charge in [0, 0.05) is 37.9 Å². The minimum absolute atomic E-state index is 0. The van der Waals surface area contributed by atoms with Crippen LogP contribution in [0, 0.1) is 0 Å². The van der Waals surface area contributed by atoms with Crippen molar-refractivity contribution in [3.63, 3.8) is 0 Å². The van der Waals surface area contributed by atoms with E-state index in [2.05, 4.69) is 22.3 Å². The Labute approximate surface area is 166 Å². The minimum Gasteiger partial charge on any atom is -0.450 e. The Hall–Kier alpha value is -1.52. The molecule has 0 spiro atoms. The predicted molar refractivity (Wildman–Crippen MR) is 108 cm³/mol. The van der Waals surface area contributed by atoms with Crippen LogP contribution >= 0.6 is 24.0 Å². The lowest BCUT2D eigenvalue weighted by Crippen LogP contribution is -2.48. The number of ether oxygens (including phenoxy) is 1. The van der Waals surface area contributed by atoms with Gasteiger partial charge in [-0.3, -0.25) is 4.68 Å². The molecule has 3 N–H and O–H groups in total. The number of piperidine rings is 1. The molecular weight excluding hydrogens is 435 g/mol. The van der Waals surface area contributed by atoms with E-state index in [1.54, 1.807) is 9.58 Å². The molecule has 0 aliphatic carbocycles. The van der Waals surface area contributed by atoms with Gasteiger partial charge < -0.3 is 20.7 Å². The molecule has 1 aliphatic rings. The summed E-state index contributed by atoms with van der Waals surface area (Å²) >= 11 is 0. The van der Waals surface area contributed by atoms with Crippen LogP contribution in [-0.4, -0.2) is 52.5 Å². The standard InChI is InChI=1S/C16H28N6O2.HI/c1-4-14-12(11-21(3)20-14)10-18-15(17)19-13-6-8-22(9-7-13)16(23)24-5-2;/h11,13H,4-10H2,1-3H3,(H3,17,18,19);1H. The van der Waals surface area contributed by atoms with Crippen LogP contribution in [0.2, 0.25) is 0 Å². The van der Waals surface area contributed by atoms with Crippen LogP contribution in [0.5, 0.6) is 0 Å². The van der Waals surface area contributed by atoms with Crippen molar-refractivity contribution in [2.45, 2.75) is 45.7 Å². The van der Waals surface area contributed by atoms with Crippen molar-refractivity contribution in [2.75, 3.05) is 19.7 Å². The first-order valence-electron chi connectivity index (χ1n) is 8.53. The lowest BCUT2D eigenvalue weighted by molar-refractivity contribution is 0.0963. The molecule has 0 saturated carbocycles. The summed E-state index contributed by atoms with van der Waals surface area (Å²) in [6.07, 6.45) is 4.30. The number of hydrogen-bond acceptors (Lipinski definition) is 4. The van der Waals surface area contributed by atoms with E-state index in [-0.39, 0.29) is 36.1 Å². The first-order valence-corrected chi connectivity index (χ1v) is 8.53. The summed E-state index contributed by atoms with van der Waals surface area (Å²) in [6, 6.07) is 0.235. The fourth-order valence-corrected chi connectivity index (χ4v) is 2.86. The summed E-state index contributed by atoms with van der Waals surface area (Å²) in [5, 5.41) is 7.65. The van der Waals surface area contributed by atoms with Crippen molar-refractivity contribution in [1.29, 1.82) is 0 Å². The molecule has 8 nitrogen and oxygen atoms in total. The summed E-state index contributed by atoms with van der Waals surface area (Å²) in [5.74, 6) is 0.440. The molecule has 0 bridgehead atoms. The number of carbonyl (C=O) groups excluding carboxylic acids is 1. The average Bonchev–Trinajstić information content (AvgIpc) is 2.94. The number of nitrogens with zero attached hydrogens (tertiary/aromatic N) is 4. The van der Waals surface area contributed by atoms with Gasteiger partial charge in [0.15, 0.2) is 5.96 Å². The molecule has 25 heavy (non-hydrogen) atoms. The molecule has 0 radical (unpaired) electrons. The molecule has 1 aromatic heterocycles. The van der Waals surface area contributed by atoms with Gasteiger partial charge >= 0.3 is 6.09 Å². The quantitative estimate of drug-likeness (QED) is 0.392. The zero-order valence-corrected chi connectivity index (χ0v) is 17.5. The van der Waals surface area contributed by atoms with Crippen molar-refractivity contribution in [3.8, 4) is 0 Å². The molecule has 1 aliphatic heterocycles. The Bertz CT molecular complexity index is 581. The Morgan fingerprint density at radius 1 is 1.44 bits per heavy atom. The number of hydrogen-bond donors (Lipinski definition) is 2. The smallest absolute Gasteiger partial charge is 0.409 e. The van der Waals surface area contributed by atoms with Gasteiger partial charge in [-0.1, -0.05) is 6.92 Å². The van der Waals surface area contributed by atoms with E-state index >= 15 is 0 Å². The summed E-state index contributed by atoms with van der Waals surface area (Å²) in [7, 11) is 1.91. The fourth-order valence-electron chi connectivity index (χ4n) is 2.86. The summed E-state index contributed by atoms with van der Waals surface area (Å²) in [4.78, 5) is 17.8. The Morgan fingerprint density at radius 2 is 2.12 bits per heavy atom. The maximum Gasteiger partial charge on any atom is 0.409 e. The second-order valence-electron chi connectivity index (χ2n) is 5.93. The summed E-state index contributed by atoms with van der Waals surface area (Å²) in [5.41, 5.74) is 8.15. The monoisotopic (exact) mass is 464 g/mol. The topological polar surface area (TPSA) is 97.8 Å². The van der Waals surface area contributed by atoms with Crippen LogP contribution in [-0.2, 0) is 24.8 Å². The second-order valence-corrected chi connectivity index (χ2v) is 5.93. The van der Waals surface area contributed by atoms with E-state index in [1.807, 2.05) is 20.2 Å². The molecule has 2 rings (SSSR count).